The molecule has 0 unspecified atom stereocenters. The Kier molecular flexibility index (Phi) is 19.1. The molecule has 0 bridgehead atoms. The number of nitrogens with two attached hydrogens (primary N) is 1. The molecule has 3 N–H and O–H groups in total. The molecular formula is C15H36N2O2. The first kappa shape index (κ1) is 23.5. The first-order valence-electron chi connectivity index (χ1n) is 7.32. The van der Waals surface area contributed by atoms with Crippen LogP contribution in [0.25, 0.3) is 0 Å². The second kappa shape index (κ2) is 15.4. The zero-order valence-electron chi connectivity index (χ0n) is 14.1. The van der Waals surface area contributed by atoms with E-state index in [1.54, 1.807) is 0 Å². The summed E-state index contributed by atoms with van der Waals surface area (Å²) in [4.78, 5) is 12.7. The number of nitrogens with zero attached hydrogens (tertiary/aromatic N) is 1. The van der Waals surface area contributed by atoms with Gasteiger partial charge in [-0.15, -0.1) is 0 Å². The number of unbranched alkanes of at least 4 members (excludes halogenated alkanes) is 1. The third-order valence-electron chi connectivity index (χ3n) is 3.04. The van der Waals surface area contributed by atoms with Crippen molar-refractivity contribution < 1.29 is 9.90 Å². The number of carboxylic acid groups (broad SMARTS) is 1. The highest BCUT2D eigenvalue weighted by Gasteiger charge is 2.32. The van der Waals surface area contributed by atoms with Crippen LogP contribution in [-0.2, 0) is 4.79 Å². The van der Waals surface area contributed by atoms with Crippen LogP contribution in [0.1, 0.15) is 59.8 Å². The van der Waals surface area contributed by atoms with Crippen molar-refractivity contribution >= 4 is 5.97 Å². The Morgan fingerprint density at radius 2 is 1.37 bits per heavy atom. The largest absolute Gasteiger partial charge is 0.481 e. The van der Waals surface area contributed by atoms with Crippen LogP contribution >= 0.6 is 0 Å². The molecule has 4 nitrogen and oxygen atoms in total. The summed E-state index contributed by atoms with van der Waals surface area (Å²) in [5, 5.41) is 8.82. The summed E-state index contributed by atoms with van der Waals surface area (Å²) in [6.45, 7) is 8.77. The fourth-order valence-electron chi connectivity index (χ4n) is 1.41. The van der Waals surface area contributed by atoms with Crippen LogP contribution in [-0.4, -0.2) is 43.7 Å². The van der Waals surface area contributed by atoms with Crippen molar-refractivity contribution in [3.63, 3.8) is 0 Å². The van der Waals surface area contributed by atoms with E-state index >= 15 is 0 Å². The van der Waals surface area contributed by atoms with Gasteiger partial charge >= 0.3 is 5.97 Å². The standard InChI is InChI=1S/C8H16O2.C4H11N.C3H9N/c1-4-8(5-2,6-3)7(9)10;1-2-3-4-5;1-4(2)3/h4-6H2,1-3H3,(H,9,10);2-5H2,1H3;1-3H3. The Morgan fingerprint density at radius 3 is 1.37 bits per heavy atom. The Labute approximate surface area is 120 Å². The molecule has 19 heavy (non-hydrogen) atoms. The van der Waals surface area contributed by atoms with Crippen molar-refractivity contribution in [2.45, 2.75) is 59.8 Å². The minimum absolute atomic E-state index is 0.458. The highest BCUT2D eigenvalue weighted by molar-refractivity contribution is 5.74. The fraction of sp³-hybridized carbons (Fsp3) is 0.933. The second-order valence-electron chi connectivity index (χ2n) is 5.13. The van der Waals surface area contributed by atoms with Crippen molar-refractivity contribution in [3.05, 3.63) is 0 Å². The van der Waals surface area contributed by atoms with Gasteiger partial charge in [0.1, 0.15) is 0 Å². The SMILES string of the molecule is CCC(CC)(CC)C(=O)O.CCCCN.CN(C)C. The molecule has 118 valence electrons. The van der Waals surface area contributed by atoms with Crippen molar-refractivity contribution in [3.8, 4) is 0 Å². The lowest BCUT2D eigenvalue weighted by Crippen LogP contribution is -2.28. The monoisotopic (exact) mass is 276 g/mol. The van der Waals surface area contributed by atoms with Gasteiger partial charge in [-0.1, -0.05) is 34.1 Å². The van der Waals surface area contributed by atoms with Crippen LogP contribution < -0.4 is 5.73 Å². The van der Waals surface area contributed by atoms with Crippen LogP contribution in [0.2, 0.25) is 0 Å². The number of rotatable bonds is 6. The summed E-state index contributed by atoms with van der Waals surface area (Å²) in [7, 11) is 6.00. The van der Waals surface area contributed by atoms with Crippen molar-refractivity contribution in [1.82, 2.24) is 4.90 Å². The van der Waals surface area contributed by atoms with E-state index < -0.39 is 11.4 Å². The Hall–Kier alpha value is -0.610. The van der Waals surface area contributed by atoms with Gasteiger partial charge in [-0.2, -0.15) is 0 Å². The van der Waals surface area contributed by atoms with E-state index in [9.17, 15) is 4.79 Å². The molecule has 0 aliphatic heterocycles. The molecule has 0 amide bonds. The lowest BCUT2D eigenvalue weighted by Gasteiger charge is -2.24. The van der Waals surface area contributed by atoms with Crippen molar-refractivity contribution in [1.29, 1.82) is 0 Å². The Balaban J connectivity index is -0.000000238. The van der Waals surface area contributed by atoms with Gasteiger partial charge < -0.3 is 15.7 Å². The number of carbonyl (C=O) groups is 1. The summed E-state index contributed by atoms with van der Waals surface area (Å²) < 4.78 is 0. The maximum atomic E-state index is 10.7. The molecule has 0 radical (unpaired) electrons. The van der Waals surface area contributed by atoms with Gasteiger partial charge in [0.2, 0.25) is 0 Å². The van der Waals surface area contributed by atoms with Crippen LogP contribution in [0.3, 0.4) is 0 Å². The topological polar surface area (TPSA) is 66.6 Å². The Morgan fingerprint density at radius 1 is 1.05 bits per heavy atom. The molecule has 0 aromatic rings. The summed E-state index contributed by atoms with van der Waals surface area (Å²) in [6, 6.07) is 0. The van der Waals surface area contributed by atoms with Crippen LogP contribution in [0.15, 0.2) is 0 Å². The normalized spacial score (nSPS) is 10.2. The van der Waals surface area contributed by atoms with Gasteiger partial charge in [-0.05, 0) is 53.4 Å². The van der Waals surface area contributed by atoms with Crippen LogP contribution in [0, 0.1) is 5.41 Å². The van der Waals surface area contributed by atoms with E-state index in [-0.39, 0.29) is 0 Å². The van der Waals surface area contributed by atoms with Crippen molar-refractivity contribution in [2.75, 3.05) is 27.7 Å². The van der Waals surface area contributed by atoms with Gasteiger partial charge in [0.25, 0.3) is 0 Å². The third kappa shape index (κ3) is 15.3. The molecule has 0 heterocycles. The summed E-state index contributed by atoms with van der Waals surface area (Å²) in [5.41, 5.74) is 4.68. The van der Waals surface area contributed by atoms with Crippen LogP contribution in [0.4, 0.5) is 0 Å². The predicted octanol–water partition coefficient (Wildman–Crippen LogP) is 3.21. The van der Waals surface area contributed by atoms with Crippen LogP contribution in [0.5, 0.6) is 0 Å². The van der Waals surface area contributed by atoms with E-state index in [0.29, 0.717) is 0 Å². The average molecular weight is 276 g/mol. The molecule has 0 saturated carbocycles. The Bertz CT molecular complexity index is 178. The first-order valence-corrected chi connectivity index (χ1v) is 7.32. The molecule has 0 spiro atoms. The molecule has 0 aliphatic carbocycles. The lowest BCUT2D eigenvalue weighted by molar-refractivity contribution is -0.149. The molecule has 0 atom stereocenters. The smallest absolute Gasteiger partial charge is 0.309 e. The van der Waals surface area contributed by atoms with E-state index in [1.165, 1.54) is 12.8 Å². The minimum Gasteiger partial charge on any atom is -0.481 e. The van der Waals surface area contributed by atoms with E-state index in [4.69, 9.17) is 10.8 Å². The quantitative estimate of drug-likeness (QED) is 0.781. The van der Waals surface area contributed by atoms with Gasteiger partial charge in [-0.3, -0.25) is 4.79 Å². The number of hydrogen-bond donors (Lipinski definition) is 2. The number of hydrogen-bond acceptors (Lipinski definition) is 3. The fourth-order valence-corrected chi connectivity index (χ4v) is 1.41. The second-order valence-corrected chi connectivity index (χ2v) is 5.13. The molecule has 0 aromatic heterocycles. The highest BCUT2D eigenvalue weighted by atomic mass is 16.4. The van der Waals surface area contributed by atoms with E-state index in [0.717, 1.165) is 25.8 Å². The minimum atomic E-state index is -0.653. The van der Waals surface area contributed by atoms with Gasteiger partial charge in [0.15, 0.2) is 0 Å². The molecule has 0 rings (SSSR count). The maximum Gasteiger partial charge on any atom is 0.309 e. The number of aliphatic carboxylic acids is 1. The molecule has 0 aliphatic rings. The summed E-state index contributed by atoms with van der Waals surface area (Å²) >= 11 is 0. The third-order valence-corrected chi connectivity index (χ3v) is 3.04. The van der Waals surface area contributed by atoms with Gasteiger partial charge in [0.05, 0.1) is 5.41 Å². The van der Waals surface area contributed by atoms with Gasteiger partial charge in [0, 0.05) is 0 Å². The predicted molar refractivity (Wildman–Crippen MR) is 84.5 cm³/mol. The summed E-state index contributed by atoms with van der Waals surface area (Å²) in [6.07, 6.45) is 4.58. The van der Waals surface area contributed by atoms with E-state index in [2.05, 4.69) is 6.92 Å². The molecule has 0 fully saturated rings. The average Bonchev–Trinajstić information content (AvgIpc) is 2.33. The summed E-state index contributed by atoms with van der Waals surface area (Å²) in [5.74, 6) is -0.653. The molecule has 0 aromatic carbocycles. The zero-order valence-corrected chi connectivity index (χ0v) is 14.1. The zero-order chi connectivity index (χ0) is 15.9. The lowest BCUT2D eigenvalue weighted by atomic mass is 9.80. The highest BCUT2D eigenvalue weighted by Crippen LogP contribution is 2.30. The molecule has 4 heteroatoms. The number of carboxylic acids is 1. The van der Waals surface area contributed by atoms with Gasteiger partial charge in [-0.25, -0.2) is 0 Å². The first-order chi connectivity index (χ1) is 8.77. The van der Waals surface area contributed by atoms with E-state index in [1.807, 2.05) is 46.8 Å². The molecule has 0 saturated heterocycles. The maximum absolute atomic E-state index is 10.7. The van der Waals surface area contributed by atoms with Crippen molar-refractivity contribution in [2.24, 2.45) is 11.1 Å². The molecular weight excluding hydrogens is 240 g/mol.